The first-order valence-electron chi connectivity index (χ1n) is 9.62. The summed E-state index contributed by atoms with van der Waals surface area (Å²) in [6, 6.07) is 0. The third-order valence-corrected chi connectivity index (χ3v) is 7.31. The van der Waals surface area contributed by atoms with Crippen molar-refractivity contribution in [1.29, 1.82) is 0 Å². The van der Waals surface area contributed by atoms with E-state index in [9.17, 15) is 22.8 Å². The Bertz CT molecular complexity index is 932. The number of amides is 1. The molecule has 0 aliphatic carbocycles. The van der Waals surface area contributed by atoms with Crippen LogP contribution in [0.4, 0.5) is 0 Å². The fraction of sp³-hybridized carbons (Fsp3) is 0.706. The lowest BCUT2D eigenvalue weighted by Gasteiger charge is -2.31. The maximum Gasteiger partial charge on any atom is 0.328 e. The number of hydrogen-bond acceptors (Lipinski definition) is 5. The molecule has 0 atom stereocenters. The number of piperidine rings is 1. The highest BCUT2D eigenvalue weighted by molar-refractivity contribution is 7.86. The largest absolute Gasteiger partial charge is 0.340 e. The van der Waals surface area contributed by atoms with Crippen LogP contribution in [0.15, 0.2) is 15.8 Å². The highest BCUT2D eigenvalue weighted by atomic mass is 32.2. The Labute approximate surface area is 163 Å². The van der Waals surface area contributed by atoms with Gasteiger partial charge in [-0.1, -0.05) is 6.42 Å². The molecule has 11 heteroatoms. The van der Waals surface area contributed by atoms with Crippen LogP contribution in [-0.4, -0.2) is 76.7 Å². The van der Waals surface area contributed by atoms with Gasteiger partial charge in [-0.25, -0.2) is 4.79 Å². The molecule has 0 spiro atoms. The van der Waals surface area contributed by atoms with E-state index in [1.54, 1.807) is 11.8 Å². The van der Waals surface area contributed by atoms with Gasteiger partial charge in [0.1, 0.15) is 6.54 Å². The Morgan fingerprint density at radius 2 is 1.61 bits per heavy atom. The highest BCUT2D eigenvalue weighted by Gasteiger charge is 2.32. The quantitative estimate of drug-likeness (QED) is 0.688. The molecule has 156 valence electrons. The molecule has 3 heterocycles. The number of aromatic nitrogens is 2. The van der Waals surface area contributed by atoms with Crippen molar-refractivity contribution in [3.63, 3.8) is 0 Å². The zero-order chi connectivity index (χ0) is 20.3. The van der Waals surface area contributed by atoms with Gasteiger partial charge in [0.25, 0.3) is 15.8 Å². The maximum atomic E-state index is 12.8. The van der Waals surface area contributed by atoms with Gasteiger partial charge in [0.15, 0.2) is 0 Å². The summed E-state index contributed by atoms with van der Waals surface area (Å²) >= 11 is 0. The number of rotatable bonds is 4. The first-order valence-corrected chi connectivity index (χ1v) is 11.0. The summed E-state index contributed by atoms with van der Waals surface area (Å²) in [6.45, 7) is 3.81. The van der Waals surface area contributed by atoms with E-state index in [0.717, 1.165) is 19.3 Å². The standard InChI is InChI=1S/C17H27N5O5S/c1-14-12-20(17(25)18-16(14)24)13-15(23)19-6-5-9-22(11-10-19)28(26,27)21-7-3-2-4-8-21/h12H,2-11,13H2,1H3,(H,18,24,25). The van der Waals surface area contributed by atoms with Crippen LogP contribution >= 0.6 is 0 Å². The first kappa shape index (κ1) is 20.7. The molecule has 28 heavy (non-hydrogen) atoms. The molecule has 10 nitrogen and oxygen atoms in total. The summed E-state index contributed by atoms with van der Waals surface area (Å²) in [5.74, 6) is -0.272. The fourth-order valence-electron chi connectivity index (χ4n) is 3.61. The van der Waals surface area contributed by atoms with E-state index in [1.807, 2.05) is 0 Å². The number of aromatic amines is 1. The van der Waals surface area contributed by atoms with E-state index in [1.165, 1.54) is 19.4 Å². The minimum absolute atomic E-state index is 0.185. The van der Waals surface area contributed by atoms with Crippen molar-refractivity contribution in [2.24, 2.45) is 0 Å². The molecular formula is C17H27N5O5S. The summed E-state index contributed by atoms with van der Waals surface area (Å²) in [5.41, 5.74) is -0.753. The average Bonchev–Trinajstić information content (AvgIpc) is 2.93. The molecule has 3 rings (SSSR count). The molecule has 1 aromatic rings. The lowest BCUT2D eigenvalue weighted by atomic mass is 10.2. The second-order valence-electron chi connectivity index (χ2n) is 7.30. The molecule has 0 saturated carbocycles. The molecule has 1 amide bonds. The summed E-state index contributed by atoms with van der Waals surface area (Å²) in [5, 5.41) is 0. The molecule has 0 bridgehead atoms. The van der Waals surface area contributed by atoms with Crippen LogP contribution in [0.5, 0.6) is 0 Å². The highest BCUT2D eigenvalue weighted by Crippen LogP contribution is 2.18. The van der Waals surface area contributed by atoms with Gasteiger partial charge in [0, 0.05) is 51.0 Å². The lowest BCUT2D eigenvalue weighted by molar-refractivity contribution is -0.131. The number of nitrogens with zero attached hydrogens (tertiary/aromatic N) is 4. The van der Waals surface area contributed by atoms with E-state index < -0.39 is 21.5 Å². The Hall–Kier alpha value is -1.98. The van der Waals surface area contributed by atoms with Crippen molar-refractivity contribution in [3.05, 3.63) is 32.6 Å². The van der Waals surface area contributed by atoms with Gasteiger partial charge in [0.05, 0.1) is 0 Å². The van der Waals surface area contributed by atoms with Gasteiger partial charge in [-0.05, 0) is 26.2 Å². The second kappa shape index (κ2) is 8.58. The van der Waals surface area contributed by atoms with Crippen LogP contribution < -0.4 is 11.2 Å². The van der Waals surface area contributed by atoms with Gasteiger partial charge < -0.3 is 4.90 Å². The molecule has 0 unspecified atom stereocenters. The minimum atomic E-state index is -3.50. The number of hydrogen-bond donors (Lipinski definition) is 1. The molecule has 2 aliphatic rings. The Kier molecular flexibility index (Phi) is 6.36. The van der Waals surface area contributed by atoms with Crippen LogP contribution in [0.2, 0.25) is 0 Å². The predicted octanol–water partition coefficient (Wildman–Crippen LogP) is -0.890. The summed E-state index contributed by atoms with van der Waals surface area (Å²) in [6.07, 6.45) is 4.72. The first-order chi connectivity index (χ1) is 13.3. The molecule has 0 radical (unpaired) electrons. The summed E-state index contributed by atoms with van der Waals surface area (Å²) in [7, 11) is -3.50. The third-order valence-electron chi connectivity index (χ3n) is 5.27. The van der Waals surface area contributed by atoms with Crippen LogP contribution in [0.3, 0.4) is 0 Å². The van der Waals surface area contributed by atoms with Crippen molar-refractivity contribution < 1.29 is 13.2 Å². The monoisotopic (exact) mass is 413 g/mol. The number of nitrogens with one attached hydrogen (secondary N) is 1. The van der Waals surface area contributed by atoms with E-state index in [4.69, 9.17) is 0 Å². The van der Waals surface area contributed by atoms with Gasteiger partial charge in [0.2, 0.25) is 5.91 Å². The van der Waals surface area contributed by atoms with Crippen molar-refractivity contribution in [3.8, 4) is 0 Å². The van der Waals surface area contributed by atoms with Gasteiger partial charge >= 0.3 is 5.69 Å². The third kappa shape index (κ3) is 4.53. The minimum Gasteiger partial charge on any atom is -0.340 e. The zero-order valence-electron chi connectivity index (χ0n) is 16.1. The van der Waals surface area contributed by atoms with E-state index in [2.05, 4.69) is 4.98 Å². The number of carbonyl (C=O) groups is 1. The van der Waals surface area contributed by atoms with Crippen molar-refractivity contribution in [1.82, 2.24) is 23.1 Å². The molecule has 2 saturated heterocycles. The summed E-state index contributed by atoms with van der Waals surface area (Å²) in [4.78, 5) is 39.7. The van der Waals surface area contributed by atoms with E-state index in [-0.39, 0.29) is 25.5 Å². The van der Waals surface area contributed by atoms with Crippen LogP contribution in [0, 0.1) is 6.92 Å². The maximum absolute atomic E-state index is 12.8. The number of carbonyl (C=O) groups excluding carboxylic acids is 1. The molecular weight excluding hydrogens is 386 g/mol. The number of aryl methyl sites for hydroxylation is 1. The second-order valence-corrected chi connectivity index (χ2v) is 9.23. The predicted molar refractivity (Wildman–Crippen MR) is 103 cm³/mol. The molecule has 0 aromatic carbocycles. The SMILES string of the molecule is Cc1cn(CC(=O)N2CCCN(S(=O)(=O)N3CCCCC3)CC2)c(=O)[nH]c1=O. The van der Waals surface area contributed by atoms with Gasteiger partial charge in [-0.3, -0.25) is 19.1 Å². The Balaban J connectivity index is 1.65. The molecule has 2 aliphatic heterocycles. The van der Waals surface area contributed by atoms with Gasteiger partial charge in [-0.15, -0.1) is 0 Å². The van der Waals surface area contributed by atoms with E-state index in [0.29, 0.717) is 38.2 Å². The molecule has 2 fully saturated rings. The smallest absolute Gasteiger partial charge is 0.328 e. The summed E-state index contributed by atoms with van der Waals surface area (Å²) < 4.78 is 29.9. The fourth-order valence-corrected chi connectivity index (χ4v) is 5.33. The normalized spacial score (nSPS) is 20.1. The van der Waals surface area contributed by atoms with Crippen molar-refractivity contribution in [2.75, 3.05) is 39.3 Å². The van der Waals surface area contributed by atoms with Crippen molar-refractivity contribution >= 4 is 16.1 Å². The van der Waals surface area contributed by atoms with Gasteiger partial charge in [-0.2, -0.15) is 17.0 Å². The average molecular weight is 414 g/mol. The zero-order valence-corrected chi connectivity index (χ0v) is 16.9. The lowest BCUT2D eigenvalue weighted by Crippen LogP contribution is -2.47. The topological polar surface area (TPSA) is 116 Å². The van der Waals surface area contributed by atoms with Crippen LogP contribution in [0.25, 0.3) is 0 Å². The van der Waals surface area contributed by atoms with Crippen LogP contribution in [0.1, 0.15) is 31.2 Å². The van der Waals surface area contributed by atoms with Crippen LogP contribution in [-0.2, 0) is 21.5 Å². The number of H-pyrrole nitrogens is 1. The molecule has 1 N–H and O–H groups in total. The molecule has 1 aromatic heterocycles. The van der Waals surface area contributed by atoms with E-state index >= 15 is 0 Å². The van der Waals surface area contributed by atoms with Crippen molar-refractivity contribution in [2.45, 2.75) is 39.2 Å². The Morgan fingerprint density at radius 1 is 0.964 bits per heavy atom. The Morgan fingerprint density at radius 3 is 2.32 bits per heavy atom.